The minimum absolute atomic E-state index is 0.0245. The molecule has 0 aliphatic carbocycles. The van der Waals surface area contributed by atoms with E-state index < -0.39 is 21.1 Å². The summed E-state index contributed by atoms with van der Waals surface area (Å²) >= 11 is 0. The van der Waals surface area contributed by atoms with Gasteiger partial charge < -0.3 is 14.7 Å². The van der Waals surface area contributed by atoms with E-state index in [-0.39, 0.29) is 38.0 Å². The fourth-order valence-corrected chi connectivity index (χ4v) is 4.16. The van der Waals surface area contributed by atoms with Gasteiger partial charge in [0.1, 0.15) is 6.61 Å². The van der Waals surface area contributed by atoms with E-state index in [1.807, 2.05) is 0 Å². The largest absolute Gasteiger partial charge is 0.394 e. The molecule has 2 aliphatic heterocycles. The first kappa shape index (κ1) is 12.8. The molecule has 2 heterocycles. The van der Waals surface area contributed by atoms with Crippen LogP contribution < -0.4 is 0 Å². The van der Waals surface area contributed by atoms with Gasteiger partial charge in [-0.05, 0) is 12.8 Å². The first-order chi connectivity index (χ1) is 8.04. The van der Waals surface area contributed by atoms with Gasteiger partial charge in [0, 0.05) is 6.54 Å². The highest BCUT2D eigenvalue weighted by molar-refractivity contribution is 7.92. The highest BCUT2D eigenvalue weighted by atomic mass is 32.2. The van der Waals surface area contributed by atoms with Crippen molar-refractivity contribution in [2.75, 3.05) is 32.1 Å². The van der Waals surface area contributed by atoms with Crippen LogP contribution in [-0.2, 0) is 19.4 Å². The lowest BCUT2D eigenvalue weighted by molar-refractivity contribution is -0.149. The number of sulfone groups is 1. The van der Waals surface area contributed by atoms with Crippen molar-refractivity contribution in [3.63, 3.8) is 0 Å². The van der Waals surface area contributed by atoms with E-state index in [0.717, 1.165) is 0 Å². The van der Waals surface area contributed by atoms with Gasteiger partial charge in [0.25, 0.3) is 0 Å². The summed E-state index contributed by atoms with van der Waals surface area (Å²) in [6.45, 7) is 0.243. The molecule has 98 valence electrons. The van der Waals surface area contributed by atoms with Crippen LogP contribution in [-0.4, -0.2) is 67.7 Å². The third-order valence-electron chi connectivity index (χ3n) is 3.37. The molecular formula is C10H17NO5S. The molecule has 0 aromatic carbocycles. The number of hydrogen-bond donors (Lipinski definition) is 1. The van der Waals surface area contributed by atoms with Crippen molar-refractivity contribution in [2.45, 2.75) is 24.1 Å². The molecule has 2 rings (SSSR count). The Hall–Kier alpha value is -0.660. The van der Waals surface area contributed by atoms with Crippen LogP contribution in [0.1, 0.15) is 12.8 Å². The van der Waals surface area contributed by atoms with Crippen molar-refractivity contribution in [1.29, 1.82) is 0 Å². The van der Waals surface area contributed by atoms with Gasteiger partial charge in [-0.15, -0.1) is 0 Å². The smallest absolute Gasteiger partial charge is 0.249 e. The number of rotatable bonds is 3. The Morgan fingerprint density at radius 2 is 2.24 bits per heavy atom. The molecule has 2 aliphatic rings. The molecule has 2 fully saturated rings. The number of nitrogens with zero attached hydrogens (tertiary/aromatic N) is 1. The highest BCUT2D eigenvalue weighted by Gasteiger charge is 2.37. The van der Waals surface area contributed by atoms with E-state index in [4.69, 9.17) is 9.84 Å². The molecule has 7 heteroatoms. The third kappa shape index (κ3) is 2.61. The molecule has 1 amide bonds. The summed E-state index contributed by atoms with van der Waals surface area (Å²) in [5.74, 6) is -0.0302. The average Bonchev–Trinajstić information content (AvgIpc) is 2.61. The van der Waals surface area contributed by atoms with Crippen LogP contribution >= 0.6 is 0 Å². The van der Waals surface area contributed by atoms with Crippen molar-refractivity contribution in [1.82, 2.24) is 4.90 Å². The molecule has 0 aromatic rings. The van der Waals surface area contributed by atoms with E-state index in [1.165, 1.54) is 4.90 Å². The summed E-state index contributed by atoms with van der Waals surface area (Å²) in [5, 5.41) is 8.69. The summed E-state index contributed by atoms with van der Waals surface area (Å²) in [6, 6.07) is -0.410. The van der Waals surface area contributed by atoms with Gasteiger partial charge in [-0.3, -0.25) is 4.79 Å². The predicted octanol–water partition coefficient (Wildman–Crippen LogP) is -1.22. The number of aliphatic hydroxyl groups is 1. The summed E-state index contributed by atoms with van der Waals surface area (Å²) in [6.07, 6.45) is 1.26. The SMILES string of the molecule is O=C1COCC(CO)N1CC1CCCS1(=O)=O. The molecule has 2 saturated heterocycles. The summed E-state index contributed by atoms with van der Waals surface area (Å²) in [7, 11) is -3.06. The van der Waals surface area contributed by atoms with Crippen LogP contribution in [0.4, 0.5) is 0 Å². The topological polar surface area (TPSA) is 83.9 Å². The minimum Gasteiger partial charge on any atom is -0.394 e. The number of aliphatic hydroxyl groups excluding tert-OH is 1. The second kappa shape index (κ2) is 4.91. The van der Waals surface area contributed by atoms with Gasteiger partial charge in [-0.1, -0.05) is 0 Å². The second-order valence-corrected chi connectivity index (χ2v) is 6.93. The molecule has 2 unspecified atom stereocenters. The molecule has 2 atom stereocenters. The van der Waals surface area contributed by atoms with Crippen LogP contribution in [0.5, 0.6) is 0 Å². The van der Waals surface area contributed by atoms with Crippen LogP contribution in [0, 0.1) is 0 Å². The Kier molecular flexibility index (Phi) is 3.70. The molecule has 0 spiro atoms. The highest BCUT2D eigenvalue weighted by Crippen LogP contribution is 2.22. The number of amides is 1. The van der Waals surface area contributed by atoms with E-state index in [2.05, 4.69) is 0 Å². The fraction of sp³-hybridized carbons (Fsp3) is 0.900. The maximum absolute atomic E-state index is 11.7. The Labute approximate surface area is 100 Å². The molecule has 1 N–H and O–H groups in total. The molecule has 17 heavy (non-hydrogen) atoms. The van der Waals surface area contributed by atoms with Crippen molar-refractivity contribution in [2.24, 2.45) is 0 Å². The molecule has 0 bridgehead atoms. The normalized spacial score (nSPS) is 33.0. The van der Waals surface area contributed by atoms with Gasteiger partial charge in [-0.25, -0.2) is 8.42 Å². The first-order valence-corrected chi connectivity index (χ1v) is 7.46. The Morgan fingerprint density at radius 3 is 2.82 bits per heavy atom. The number of ether oxygens (including phenoxy) is 1. The van der Waals surface area contributed by atoms with Crippen molar-refractivity contribution < 1.29 is 23.1 Å². The predicted molar refractivity (Wildman–Crippen MR) is 60.2 cm³/mol. The van der Waals surface area contributed by atoms with Crippen LogP contribution in [0.15, 0.2) is 0 Å². The number of carbonyl (C=O) groups is 1. The Morgan fingerprint density at radius 1 is 1.47 bits per heavy atom. The molecular weight excluding hydrogens is 246 g/mol. The molecule has 0 saturated carbocycles. The van der Waals surface area contributed by atoms with Gasteiger partial charge in [0.15, 0.2) is 9.84 Å². The van der Waals surface area contributed by atoms with E-state index >= 15 is 0 Å². The molecule has 0 radical (unpaired) electrons. The van der Waals surface area contributed by atoms with Crippen LogP contribution in [0.3, 0.4) is 0 Å². The lowest BCUT2D eigenvalue weighted by Crippen LogP contribution is -2.54. The average molecular weight is 263 g/mol. The number of hydrogen-bond acceptors (Lipinski definition) is 5. The van der Waals surface area contributed by atoms with E-state index in [0.29, 0.717) is 12.8 Å². The van der Waals surface area contributed by atoms with Crippen molar-refractivity contribution >= 4 is 15.7 Å². The second-order valence-electron chi connectivity index (χ2n) is 4.53. The monoisotopic (exact) mass is 263 g/mol. The first-order valence-electron chi connectivity index (χ1n) is 5.74. The summed E-state index contributed by atoms with van der Waals surface area (Å²) in [5.41, 5.74) is 0. The third-order valence-corrected chi connectivity index (χ3v) is 5.63. The number of carbonyl (C=O) groups excluding carboxylic acids is 1. The van der Waals surface area contributed by atoms with Crippen molar-refractivity contribution in [3.05, 3.63) is 0 Å². The van der Waals surface area contributed by atoms with Gasteiger partial charge >= 0.3 is 0 Å². The lowest BCUT2D eigenvalue weighted by atomic mass is 10.2. The quantitative estimate of drug-likeness (QED) is 0.690. The zero-order valence-electron chi connectivity index (χ0n) is 9.54. The molecule has 0 aromatic heterocycles. The molecule has 6 nitrogen and oxygen atoms in total. The fourth-order valence-electron chi connectivity index (χ4n) is 2.34. The van der Waals surface area contributed by atoms with Crippen molar-refractivity contribution in [3.8, 4) is 0 Å². The maximum Gasteiger partial charge on any atom is 0.249 e. The zero-order chi connectivity index (χ0) is 12.5. The number of morpholine rings is 1. The standard InChI is InChI=1S/C10H17NO5S/c12-5-8-6-16-7-10(13)11(8)4-9-2-1-3-17(9,14)15/h8-9,12H,1-7H2. The summed E-state index contributed by atoms with van der Waals surface area (Å²) in [4.78, 5) is 13.1. The minimum atomic E-state index is -3.06. The Balaban J connectivity index is 2.07. The zero-order valence-corrected chi connectivity index (χ0v) is 10.4. The Bertz CT molecular complexity index is 394. The lowest BCUT2D eigenvalue weighted by Gasteiger charge is -2.35. The van der Waals surface area contributed by atoms with Gasteiger partial charge in [-0.2, -0.15) is 0 Å². The van der Waals surface area contributed by atoms with Crippen LogP contribution in [0.2, 0.25) is 0 Å². The van der Waals surface area contributed by atoms with E-state index in [1.54, 1.807) is 0 Å². The van der Waals surface area contributed by atoms with Gasteiger partial charge in [0.05, 0.1) is 30.3 Å². The van der Waals surface area contributed by atoms with E-state index in [9.17, 15) is 13.2 Å². The maximum atomic E-state index is 11.7. The van der Waals surface area contributed by atoms with Crippen LogP contribution in [0.25, 0.3) is 0 Å². The van der Waals surface area contributed by atoms with Gasteiger partial charge in [0.2, 0.25) is 5.91 Å². The summed E-state index contributed by atoms with van der Waals surface area (Å²) < 4.78 is 28.4.